The second kappa shape index (κ2) is 4.38. The molecule has 0 N–H and O–H groups in total. The third kappa shape index (κ3) is 2.05. The van der Waals surface area contributed by atoms with Crippen LogP contribution in [-0.4, -0.2) is 22.6 Å². The summed E-state index contributed by atoms with van der Waals surface area (Å²) in [6, 6.07) is 6.03. The van der Waals surface area contributed by atoms with Crippen molar-refractivity contribution in [3.63, 3.8) is 0 Å². The molecule has 17 heavy (non-hydrogen) atoms. The minimum absolute atomic E-state index is 0.0428. The van der Waals surface area contributed by atoms with Crippen LogP contribution in [0.25, 0.3) is 0 Å². The van der Waals surface area contributed by atoms with Crippen LogP contribution in [0.5, 0.6) is 0 Å². The third-order valence-corrected chi connectivity index (χ3v) is 5.14. The van der Waals surface area contributed by atoms with Crippen LogP contribution >= 0.6 is 35.0 Å². The summed E-state index contributed by atoms with van der Waals surface area (Å²) in [7, 11) is 0. The van der Waals surface area contributed by atoms with Crippen LogP contribution in [0.4, 0.5) is 0 Å². The summed E-state index contributed by atoms with van der Waals surface area (Å²) in [4.78, 5) is 13.8. The number of thioether (sulfide) groups is 1. The fourth-order valence-corrected chi connectivity index (χ4v) is 3.89. The summed E-state index contributed by atoms with van der Waals surface area (Å²) in [6.07, 6.45) is 2.22. The van der Waals surface area contributed by atoms with Crippen molar-refractivity contribution in [2.75, 3.05) is 5.75 Å². The first kappa shape index (κ1) is 11.7. The summed E-state index contributed by atoms with van der Waals surface area (Å²) in [5.41, 5.74) is 0.960. The van der Waals surface area contributed by atoms with E-state index >= 15 is 0 Å². The lowest BCUT2D eigenvalue weighted by atomic mass is 10.2. The monoisotopic (exact) mass is 287 g/mol. The van der Waals surface area contributed by atoms with Crippen molar-refractivity contribution in [2.24, 2.45) is 0 Å². The van der Waals surface area contributed by atoms with Gasteiger partial charge in [0.2, 0.25) is 5.91 Å². The maximum Gasteiger partial charge on any atom is 0.234 e. The van der Waals surface area contributed by atoms with Crippen LogP contribution < -0.4 is 0 Å². The number of halogens is 2. The molecule has 1 aromatic carbocycles. The number of carbonyl (C=O) groups is 1. The van der Waals surface area contributed by atoms with E-state index in [1.165, 1.54) is 0 Å². The summed E-state index contributed by atoms with van der Waals surface area (Å²) >= 11 is 13.9. The smallest absolute Gasteiger partial charge is 0.234 e. The van der Waals surface area contributed by atoms with Crippen molar-refractivity contribution >= 4 is 40.9 Å². The van der Waals surface area contributed by atoms with Crippen molar-refractivity contribution in [3.05, 3.63) is 33.8 Å². The van der Waals surface area contributed by atoms with E-state index in [0.29, 0.717) is 21.8 Å². The van der Waals surface area contributed by atoms with E-state index in [0.717, 1.165) is 18.4 Å². The minimum atomic E-state index is 0.0428. The van der Waals surface area contributed by atoms with Gasteiger partial charge >= 0.3 is 0 Å². The van der Waals surface area contributed by atoms with Gasteiger partial charge in [-0.25, -0.2) is 0 Å². The highest BCUT2D eigenvalue weighted by Gasteiger charge is 2.43. The number of hydrogen-bond acceptors (Lipinski definition) is 2. The minimum Gasteiger partial charge on any atom is -0.323 e. The van der Waals surface area contributed by atoms with Crippen molar-refractivity contribution in [2.45, 2.75) is 24.3 Å². The predicted molar refractivity (Wildman–Crippen MR) is 71.5 cm³/mol. The summed E-state index contributed by atoms with van der Waals surface area (Å²) in [6.45, 7) is 0. The number of carbonyl (C=O) groups excluding carboxylic acids is 1. The molecule has 2 fully saturated rings. The SMILES string of the molecule is O=C1CS[C@H](c2cccc(Cl)c2Cl)N1C1CC1. The molecule has 0 spiro atoms. The van der Waals surface area contributed by atoms with Crippen molar-refractivity contribution in [1.29, 1.82) is 0 Å². The van der Waals surface area contributed by atoms with Crippen LogP contribution in [0.2, 0.25) is 10.0 Å². The Labute approximate surface area is 114 Å². The normalized spacial score (nSPS) is 24.5. The van der Waals surface area contributed by atoms with Gasteiger partial charge in [-0.2, -0.15) is 0 Å². The second-order valence-corrected chi connectivity index (χ2v) is 6.19. The molecule has 3 rings (SSSR count). The number of amides is 1. The summed E-state index contributed by atoms with van der Waals surface area (Å²) in [5, 5.41) is 1.17. The lowest BCUT2D eigenvalue weighted by Gasteiger charge is -2.24. The van der Waals surface area contributed by atoms with Gasteiger partial charge in [0.1, 0.15) is 5.37 Å². The first-order valence-electron chi connectivity index (χ1n) is 5.55. The number of benzene rings is 1. The highest BCUT2D eigenvalue weighted by molar-refractivity contribution is 8.00. The Hall–Kier alpha value is -0.380. The zero-order valence-corrected chi connectivity index (χ0v) is 11.4. The lowest BCUT2D eigenvalue weighted by Crippen LogP contribution is -2.30. The molecule has 1 aliphatic heterocycles. The van der Waals surface area contributed by atoms with Crippen molar-refractivity contribution < 1.29 is 4.79 Å². The Morgan fingerprint density at radius 2 is 2.06 bits per heavy atom. The summed E-state index contributed by atoms with van der Waals surface area (Å²) in [5.74, 6) is 0.767. The molecular formula is C12H11Cl2NOS. The van der Waals surface area contributed by atoms with Gasteiger partial charge in [-0.05, 0) is 18.9 Å². The Morgan fingerprint density at radius 3 is 2.76 bits per heavy atom. The number of nitrogens with zero attached hydrogens (tertiary/aromatic N) is 1. The molecule has 0 bridgehead atoms. The van der Waals surface area contributed by atoms with Gasteiger partial charge in [0.25, 0.3) is 0 Å². The molecule has 90 valence electrons. The van der Waals surface area contributed by atoms with E-state index in [4.69, 9.17) is 23.2 Å². The molecule has 1 aliphatic carbocycles. The lowest BCUT2D eigenvalue weighted by molar-refractivity contribution is -0.128. The van der Waals surface area contributed by atoms with Crippen molar-refractivity contribution in [1.82, 2.24) is 4.90 Å². The van der Waals surface area contributed by atoms with Crippen LogP contribution in [-0.2, 0) is 4.79 Å². The van der Waals surface area contributed by atoms with Crippen LogP contribution in [0.3, 0.4) is 0 Å². The molecule has 1 saturated heterocycles. The van der Waals surface area contributed by atoms with E-state index in [-0.39, 0.29) is 11.3 Å². The molecule has 0 radical (unpaired) electrons. The standard InChI is InChI=1S/C12H11Cl2NOS/c13-9-3-1-2-8(11(9)14)12-15(7-4-5-7)10(16)6-17-12/h1-3,7,12H,4-6H2/t12-/m1/s1. The molecular weight excluding hydrogens is 277 g/mol. The maximum absolute atomic E-state index is 11.9. The average molecular weight is 288 g/mol. The molecule has 0 aromatic heterocycles. The molecule has 1 aromatic rings. The molecule has 0 unspecified atom stereocenters. The molecule has 1 amide bonds. The fraction of sp³-hybridized carbons (Fsp3) is 0.417. The number of rotatable bonds is 2. The topological polar surface area (TPSA) is 20.3 Å². The molecule has 1 saturated carbocycles. The Morgan fingerprint density at radius 1 is 1.29 bits per heavy atom. The molecule has 2 nitrogen and oxygen atoms in total. The number of hydrogen-bond donors (Lipinski definition) is 0. The van der Waals surface area contributed by atoms with Gasteiger partial charge in [0, 0.05) is 11.6 Å². The van der Waals surface area contributed by atoms with Gasteiger partial charge in [-0.15, -0.1) is 11.8 Å². The highest BCUT2D eigenvalue weighted by atomic mass is 35.5. The first-order valence-corrected chi connectivity index (χ1v) is 7.35. The van der Waals surface area contributed by atoms with Gasteiger partial charge in [0.05, 0.1) is 15.8 Å². The van der Waals surface area contributed by atoms with Gasteiger partial charge in [-0.3, -0.25) is 4.79 Å². The molecule has 1 heterocycles. The van der Waals surface area contributed by atoms with E-state index in [1.54, 1.807) is 17.8 Å². The molecule has 5 heteroatoms. The van der Waals surface area contributed by atoms with Crippen LogP contribution in [0.15, 0.2) is 18.2 Å². The Bertz CT molecular complexity index is 476. The van der Waals surface area contributed by atoms with E-state index in [9.17, 15) is 4.79 Å². The zero-order chi connectivity index (χ0) is 12.0. The summed E-state index contributed by atoms with van der Waals surface area (Å²) < 4.78 is 0. The van der Waals surface area contributed by atoms with E-state index < -0.39 is 0 Å². The first-order chi connectivity index (χ1) is 8.18. The zero-order valence-electron chi connectivity index (χ0n) is 9.03. The van der Waals surface area contributed by atoms with E-state index in [1.807, 2.05) is 17.0 Å². The highest BCUT2D eigenvalue weighted by Crippen LogP contribution is 2.47. The largest absolute Gasteiger partial charge is 0.323 e. The third-order valence-electron chi connectivity index (χ3n) is 3.09. The Kier molecular flexibility index (Phi) is 3.01. The second-order valence-electron chi connectivity index (χ2n) is 4.34. The van der Waals surface area contributed by atoms with Gasteiger partial charge in [-0.1, -0.05) is 35.3 Å². The predicted octanol–water partition coefficient (Wildman–Crippen LogP) is 3.73. The maximum atomic E-state index is 11.9. The van der Waals surface area contributed by atoms with Crippen LogP contribution in [0, 0.1) is 0 Å². The average Bonchev–Trinajstić information content (AvgIpc) is 3.07. The molecule has 1 atom stereocenters. The van der Waals surface area contributed by atoms with Gasteiger partial charge < -0.3 is 4.90 Å². The van der Waals surface area contributed by atoms with Gasteiger partial charge in [0.15, 0.2) is 0 Å². The molecule has 2 aliphatic rings. The van der Waals surface area contributed by atoms with E-state index in [2.05, 4.69) is 0 Å². The quantitative estimate of drug-likeness (QED) is 0.826. The Balaban J connectivity index is 1.97. The van der Waals surface area contributed by atoms with Crippen LogP contribution in [0.1, 0.15) is 23.8 Å². The fourth-order valence-electron chi connectivity index (χ4n) is 2.13. The van der Waals surface area contributed by atoms with Crippen molar-refractivity contribution in [3.8, 4) is 0 Å².